The van der Waals surface area contributed by atoms with E-state index in [1.807, 2.05) is 0 Å². The molecule has 2 amide bonds. The number of carbonyl (C=O) groups excluding carboxylic acids is 1. The van der Waals surface area contributed by atoms with Crippen molar-refractivity contribution in [3.05, 3.63) is 0 Å². The maximum Gasteiger partial charge on any atom is 0.317 e. The van der Waals surface area contributed by atoms with Crippen LogP contribution in [-0.4, -0.2) is 54.9 Å². The van der Waals surface area contributed by atoms with E-state index < -0.39 is 5.97 Å². The molecule has 0 aromatic rings. The van der Waals surface area contributed by atoms with Gasteiger partial charge in [0.25, 0.3) is 0 Å². The number of aliphatic carboxylic acids is 1. The van der Waals surface area contributed by atoms with Crippen molar-refractivity contribution >= 4 is 12.0 Å². The van der Waals surface area contributed by atoms with E-state index in [9.17, 15) is 9.59 Å². The van der Waals surface area contributed by atoms with Crippen LogP contribution in [0.15, 0.2) is 0 Å². The highest BCUT2D eigenvalue weighted by atomic mass is 16.5. The van der Waals surface area contributed by atoms with Crippen molar-refractivity contribution in [2.24, 2.45) is 11.8 Å². The van der Waals surface area contributed by atoms with Crippen molar-refractivity contribution in [2.75, 3.05) is 26.7 Å². The molecule has 0 saturated carbocycles. The number of methoxy groups -OCH3 is 1. The summed E-state index contributed by atoms with van der Waals surface area (Å²) in [5.41, 5.74) is 0. The number of hydrogen-bond acceptors (Lipinski definition) is 3. The normalized spacial score (nSPS) is 17.8. The van der Waals surface area contributed by atoms with E-state index in [2.05, 4.69) is 19.2 Å². The molecule has 1 rings (SSSR count). The number of piperidine rings is 1. The molecule has 0 bridgehead atoms. The van der Waals surface area contributed by atoms with Crippen molar-refractivity contribution in [2.45, 2.75) is 45.6 Å². The summed E-state index contributed by atoms with van der Waals surface area (Å²) in [6, 6.07) is -0.0938. The number of urea groups is 1. The molecular formula is C15H28N2O4. The standard InChI is InChI=1S/C15H28N2O4/c1-11(2)8-12(9-14(18)19)10-16-15(20)17-6-4-13(21-3)5-7-17/h11-13H,4-10H2,1-3H3,(H,16,20)(H,18,19). The predicted molar refractivity (Wildman–Crippen MR) is 80.2 cm³/mol. The van der Waals surface area contributed by atoms with E-state index >= 15 is 0 Å². The third kappa shape index (κ3) is 6.80. The highest BCUT2D eigenvalue weighted by molar-refractivity contribution is 5.74. The molecule has 0 radical (unpaired) electrons. The second-order valence-corrected chi connectivity index (χ2v) is 6.20. The fourth-order valence-electron chi connectivity index (χ4n) is 2.79. The fraction of sp³-hybridized carbons (Fsp3) is 0.867. The Morgan fingerprint density at radius 2 is 1.95 bits per heavy atom. The quantitative estimate of drug-likeness (QED) is 0.753. The average Bonchev–Trinajstić information content (AvgIpc) is 2.43. The van der Waals surface area contributed by atoms with Gasteiger partial charge < -0.3 is 20.1 Å². The van der Waals surface area contributed by atoms with Crippen LogP contribution >= 0.6 is 0 Å². The zero-order valence-electron chi connectivity index (χ0n) is 13.3. The highest BCUT2D eigenvalue weighted by Crippen LogP contribution is 2.16. The molecule has 1 atom stereocenters. The Morgan fingerprint density at radius 3 is 2.43 bits per heavy atom. The van der Waals surface area contributed by atoms with Crippen LogP contribution in [0, 0.1) is 11.8 Å². The molecule has 0 aromatic heterocycles. The second kappa shape index (κ2) is 8.87. The minimum absolute atomic E-state index is 0.0111. The molecule has 2 N–H and O–H groups in total. The van der Waals surface area contributed by atoms with Crippen molar-refractivity contribution in [1.29, 1.82) is 0 Å². The van der Waals surface area contributed by atoms with E-state index in [-0.39, 0.29) is 24.5 Å². The van der Waals surface area contributed by atoms with Crippen molar-refractivity contribution in [3.8, 4) is 0 Å². The molecule has 1 saturated heterocycles. The summed E-state index contributed by atoms with van der Waals surface area (Å²) in [5.74, 6) is -0.400. The number of likely N-dealkylation sites (tertiary alicyclic amines) is 1. The molecule has 1 unspecified atom stereocenters. The van der Waals surface area contributed by atoms with Crippen LogP contribution in [-0.2, 0) is 9.53 Å². The average molecular weight is 300 g/mol. The van der Waals surface area contributed by atoms with Crippen molar-refractivity contribution in [3.63, 3.8) is 0 Å². The maximum atomic E-state index is 12.1. The number of nitrogens with one attached hydrogen (secondary N) is 1. The third-order valence-electron chi connectivity index (χ3n) is 3.87. The fourth-order valence-corrected chi connectivity index (χ4v) is 2.79. The van der Waals surface area contributed by atoms with Crippen molar-refractivity contribution in [1.82, 2.24) is 10.2 Å². The zero-order valence-corrected chi connectivity index (χ0v) is 13.3. The van der Waals surface area contributed by atoms with Gasteiger partial charge in [0.05, 0.1) is 6.10 Å². The summed E-state index contributed by atoms with van der Waals surface area (Å²) < 4.78 is 5.28. The number of amides is 2. The first kappa shape index (κ1) is 17.8. The van der Waals surface area contributed by atoms with Gasteiger partial charge in [-0.2, -0.15) is 0 Å². The van der Waals surface area contributed by atoms with E-state index in [1.54, 1.807) is 12.0 Å². The first-order chi connectivity index (χ1) is 9.92. The van der Waals surface area contributed by atoms with Crippen LogP contribution < -0.4 is 5.32 Å². The minimum atomic E-state index is -0.809. The van der Waals surface area contributed by atoms with E-state index in [0.717, 1.165) is 19.3 Å². The second-order valence-electron chi connectivity index (χ2n) is 6.20. The molecule has 0 aliphatic carbocycles. The van der Waals surface area contributed by atoms with Crippen LogP contribution in [0.4, 0.5) is 4.79 Å². The van der Waals surface area contributed by atoms with Gasteiger partial charge in [0.2, 0.25) is 0 Å². The van der Waals surface area contributed by atoms with Gasteiger partial charge in [-0.15, -0.1) is 0 Å². The zero-order chi connectivity index (χ0) is 15.8. The van der Waals surface area contributed by atoms with Gasteiger partial charge in [-0.05, 0) is 31.1 Å². The largest absolute Gasteiger partial charge is 0.481 e. The lowest BCUT2D eigenvalue weighted by molar-refractivity contribution is -0.138. The van der Waals surface area contributed by atoms with Crippen molar-refractivity contribution < 1.29 is 19.4 Å². The Labute approximate surface area is 126 Å². The maximum absolute atomic E-state index is 12.1. The molecule has 1 heterocycles. The van der Waals surface area contributed by atoms with E-state index in [1.165, 1.54) is 0 Å². The molecule has 6 nitrogen and oxygen atoms in total. The predicted octanol–water partition coefficient (Wildman–Crippen LogP) is 1.94. The summed E-state index contributed by atoms with van der Waals surface area (Å²) in [6.07, 6.45) is 2.86. The Bertz CT molecular complexity index is 339. The van der Waals surface area contributed by atoms with E-state index in [0.29, 0.717) is 25.6 Å². The van der Waals surface area contributed by atoms with Gasteiger partial charge >= 0.3 is 12.0 Å². The van der Waals surface area contributed by atoms with Gasteiger partial charge in [0.1, 0.15) is 0 Å². The summed E-state index contributed by atoms with van der Waals surface area (Å²) in [6.45, 7) is 5.93. The number of carboxylic acid groups (broad SMARTS) is 1. The first-order valence-electron chi connectivity index (χ1n) is 7.69. The minimum Gasteiger partial charge on any atom is -0.481 e. The van der Waals surface area contributed by atoms with Gasteiger partial charge in [-0.25, -0.2) is 4.79 Å². The SMILES string of the molecule is COC1CCN(C(=O)NCC(CC(=O)O)CC(C)C)CC1. The summed E-state index contributed by atoms with van der Waals surface area (Å²) in [5, 5.41) is 11.8. The molecule has 1 aliphatic heterocycles. The number of rotatable bonds is 7. The molecule has 6 heteroatoms. The Balaban J connectivity index is 2.37. The molecule has 0 spiro atoms. The molecule has 21 heavy (non-hydrogen) atoms. The lowest BCUT2D eigenvalue weighted by atomic mass is 9.94. The van der Waals surface area contributed by atoms with Crippen LogP contribution in [0.3, 0.4) is 0 Å². The molecule has 1 fully saturated rings. The van der Waals surface area contributed by atoms with E-state index in [4.69, 9.17) is 9.84 Å². The van der Waals surface area contributed by atoms with Gasteiger partial charge in [0, 0.05) is 33.2 Å². The summed E-state index contributed by atoms with van der Waals surface area (Å²) in [7, 11) is 1.70. The van der Waals surface area contributed by atoms with Crippen LogP contribution in [0.5, 0.6) is 0 Å². The third-order valence-corrected chi connectivity index (χ3v) is 3.87. The lowest BCUT2D eigenvalue weighted by Crippen LogP contribution is -2.47. The first-order valence-corrected chi connectivity index (χ1v) is 7.69. The van der Waals surface area contributed by atoms with Gasteiger partial charge in [-0.1, -0.05) is 13.8 Å². The lowest BCUT2D eigenvalue weighted by Gasteiger charge is -2.31. The highest BCUT2D eigenvalue weighted by Gasteiger charge is 2.23. The Kier molecular flexibility index (Phi) is 7.50. The number of carbonyl (C=O) groups is 2. The monoisotopic (exact) mass is 300 g/mol. The molecule has 0 aromatic carbocycles. The number of carboxylic acids is 1. The summed E-state index contributed by atoms with van der Waals surface area (Å²) >= 11 is 0. The van der Waals surface area contributed by atoms with Gasteiger partial charge in [0.15, 0.2) is 0 Å². The topological polar surface area (TPSA) is 78.9 Å². The smallest absolute Gasteiger partial charge is 0.317 e. The van der Waals surface area contributed by atoms with Crippen LogP contribution in [0.25, 0.3) is 0 Å². The molecule has 1 aliphatic rings. The number of nitrogens with zero attached hydrogens (tertiary/aromatic N) is 1. The van der Waals surface area contributed by atoms with Crippen LogP contribution in [0.1, 0.15) is 39.5 Å². The van der Waals surface area contributed by atoms with Gasteiger partial charge in [-0.3, -0.25) is 4.79 Å². The Hall–Kier alpha value is -1.30. The summed E-state index contributed by atoms with van der Waals surface area (Å²) in [4.78, 5) is 24.7. The molecular weight excluding hydrogens is 272 g/mol. The number of ether oxygens (including phenoxy) is 1. The molecule has 122 valence electrons. The number of hydrogen-bond donors (Lipinski definition) is 2. The Morgan fingerprint density at radius 1 is 1.33 bits per heavy atom. The van der Waals surface area contributed by atoms with Crippen LogP contribution in [0.2, 0.25) is 0 Å².